The lowest BCUT2D eigenvalue weighted by atomic mass is 9.78. The minimum atomic E-state index is -0.359. The van der Waals surface area contributed by atoms with Crippen molar-refractivity contribution in [3.8, 4) is 5.75 Å². The van der Waals surface area contributed by atoms with Gasteiger partial charge in [0.05, 0.1) is 0 Å². The van der Waals surface area contributed by atoms with Crippen LogP contribution in [0.4, 0.5) is 0 Å². The Morgan fingerprint density at radius 3 is 2.73 bits per heavy atom. The molecule has 138 valence electrons. The Bertz CT molecular complexity index is 860. The summed E-state index contributed by atoms with van der Waals surface area (Å²) in [4.78, 5) is 26.2. The first-order chi connectivity index (χ1) is 12.6. The highest BCUT2D eigenvalue weighted by atomic mass is 16.5. The molecular formula is C21H25NO4. The monoisotopic (exact) mass is 355 g/mol. The van der Waals surface area contributed by atoms with Crippen LogP contribution in [0.1, 0.15) is 38.2 Å². The van der Waals surface area contributed by atoms with Crippen molar-refractivity contribution in [2.24, 2.45) is 11.8 Å². The normalized spacial score (nSPS) is 22.4. The number of nitrogens with zero attached hydrogens (tertiary/aromatic N) is 1. The lowest BCUT2D eigenvalue weighted by Crippen LogP contribution is -2.47. The quantitative estimate of drug-likeness (QED) is 0.789. The summed E-state index contributed by atoms with van der Waals surface area (Å²) in [5.41, 5.74) is 1.10. The molecular weight excluding hydrogens is 330 g/mol. The summed E-state index contributed by atoms with van der Waals surface area (Å²) in [6.45, 7) is 3.77. The van der Waals surface area contributed by atoms with E-state index in [1.807, 2.05) is 24.0 Å². The van der Waals surface area contributed by atoms with Gasteiger partial charge in [0.15, 0.2) is 6.61 Å². The van der Waals surface area contributed by atoms with Crippen molar-refractivity contribution in [1.82, 2.24) is 4.90 Å². The highest BCUT2D eigenvalue weighted by Gasteiger charge is 2.32. The third-order valence-corrected chi connectivity index (χ3v) is 5.75. The van der Waals surface area contributed by atoms with Crippen LogP contribution in [0.25, 0.3) is 11.0 Å². The van der Waals surface area contributed by atoms with Crippen LogP contribution in [0.5, 0.6) is 5.75 Å². The number of amides is 1. The zero-order valence-electron chi connectivity index (χ0n) is 15.2. The maximum absolute atomic E-state index is 12.5. The van der Waals surface area contributed by atoms with E-state index in [4.69, 9.17) is 9.15 Å². The van der Waals surface area contributed by atoms with E-state index in [9.17, 15) is 9.59 Å². The first-order valence-electron chi connectivity index (χ1n) is 9.59. The number of hydrogen-bond acceptors (Lipinski definition) is 4. The largest absolute Gasteiger partial charge is 0.484 e. The standard InChI is InChI=1S/C21H25NO4/c1-2-16-9-21(24)26-19-10-17(6-7-18(16)19)25-13-20(23)22-11-14-4-3-5-15(8-14)12-22/h6-7,9-10,14-15H,2-5,8,11-13H2,1H3/t14-,15+. The molecule has 5 nitrogen and oxygen atoms in total. The summed E-state index contributed by atoms with van der Waals surface area (Å²) in [6.07, 6.45) is 5.82. The van der Waals surface area contributed by atoms with E-state index in [0.29, 0.717) is 23.2 Å². The van der Waals surface area contributed by atoms with Crippen LogP contribution >= 0.6 is 0 Å². The molecule has 2 heterocycles. The van der Waals surface area contributed by atoms with Crippen LogP contribution in [0.15, 0.2) is 33.5 Å². The molecule has 4 rings (SSSR count). The molecule has 2 bridgehead atoms. The minimum Gasteiger partial charge on any atom is -0.484 e. The van der Waals surface area contributed by atoms with Gasteiger partial charge in [-0.1, -0.05) is 13.3 Å². The number of fused-ring (bicyclic) bond motifs is 3. The number of hydrogen-bond donors (Lipinski definition) is 0. The van der Waals surface area contributed by atoms with Gasteiger partial charge < -0.3 is 14.1 Å². The Hall–Kier alpha value is -2.30. The molecule has 2 aromatic rings. The van der Waals surface area contributed by atoms with Crippen LogP contribution in [0.2, 0.25) is 0 Å². The van der Waals surface area contributed by atoms with E-state index < -0.39 is 0 Å². The molecule has 1 aliphatic carbocycles. The van der Waals surface area contributed by atoms with Crippen LogP contribution in [0.3, 0.4) is 0 Å². The smallest absolute Gasteiger partial charge is 0.336 e. The van der Waals surface area contributed by atoms with Crippen molar-refractivity contribution in [1.29, 1.82) is 0 Å². The summed E-state index contributed by atoms with van der Waals surface area (Å²) in [7, 11) is 0. The Morgan fingerprint density at radius 2 is 2.00 bits per heavy atom. The minimum absolute atomic E-state index is 0.0304. The van der Waals surface area contributed by atoms with Gasteiger partial charge >= 0.3 is 5.63 Å². The number of rotatable bonds is 4. The third-order valence-electron chi connectivity index (χ3n) is 5.75. The van der Waals surface area contributed by atoms with Gasteiger partial charge in [-0.15, -0.1) is 0 Å². The molecule has 0 unspecified atom stereocenters. The fourth-order valence-corrected chi connectivity index (χ4v) is 4.46. The summed E-state index contributed by atoms with van der Waals surface area (Å²) < 4.78 is 11.0. The molecule has 5 heteroatoms. The van der Waals surface area contributed by atoms with Gasteiger partial charge in [-0.05, 0) is 55.2 Å². The van der Waals surface area contributed by atoms with Gasteiger partial charge in [-0.2, -0.15) is 0 Å². The molecule has 1 aromatic carbocycles. The van der Waals surface area contributed by atoms with E-state index in [0.717, 1.165) is 30.5 Å². The van der Waals surface area contributed by atoms with E-state index in [2.05, 4.69) is 0 Å². The maximum atomic E-state index is 12.5. The highest BCUT2D eigenvalue weighted by molar-refractivity contribution is 5.82. The topological polar surface area (TPSA) is 59.8 Å². The molecule has 0 N–H and O–H groups in total. The average molecular weight is 355 g/mol. The van der Waals surface area contributed by atoms with Crippen molar-refractivity contribution in [2.75, 3.05) is 19.7 Å². The van der Waals surface area contributed by atoms with Crippen LogP contribution in [-0.4, -0.2) is 30.5 Å². The molecule has 1 saturated carbocycles. The lowest BCUT2D eigenvalue weighted by Gasteiger charge is -2.41. The number of aryl methyl sites for hydroxylation is 1. The first-order valence-corrected chi connectivity index (χ1v) is 9.59. The SMILES string of the molecule is CCc1cc(=O)oc2cc(OCC(=O)N3C[C@@H]4CCC[C@@H](C4)C3)ccc12. The second kappa shape index (κ2) is 7.14. The Kier molecular flexibility index (Phi) is 4.70. The van der Waals surface area contributed by atoms with Crippen molar-refractivity contribution in [3.05, 3.63) is 40.2 Å². The summed E-state index contributed by atoms with van der Waals surface area (Å²) >= 11 is 0. The second-order valence-electron chi connectivity index (χ2n) is 7.59. The van der Waals surface area contributed by atoms with Crippen LogP contribution in [-0.2, 0) is 11.2 Å². The van der Waals surface area contributed by atoms with Gasteiger partial charge in [0.1, 0.15) is 11.3 Å². The maximum Gasteiger partial charge on any atom is 0.336 e. The average Bonchev–Trinajstić information content (AvgIpc) is 2.64. The molecule has 0 radical (unpaired) electrons. The Balaban J connectivity index is 1.44. The molecule has 26 heavy (non-hydrogen) atoms. The zero-order chi connectivity index (χ0) is 18.1. The third kappa shape index (κ3) is 3.48. The fraction of sp³-hybridized carbons (Fsp3) is 0.524. The number of likely N-dealkylation sites (tertiary alicyclic amines) is 1. The molecule has 1 aliphatic heterocycles. The van der Waals surface area contributed by atoms with Crippen molar-refractivity contribution in [2.45, 2.75) is 39.0 Å². The van der Waals surface area contributed by atoms with E-state index in [-0.39, 0.29) is 18.1 Å². The molecule has 1 amide bonds. The van der Waals surface area contributed by atoms with Gasteiger partial charge in [0, 0.05) is 30.6 Å². The summed E-state index contributed by atoms with van der Waals surface area (Å²) in [5.74, 6) is 1.92. The number of ether oxygens (including phenoxy) is 1. The number of carbonyl (C=O) groups is 1. The van der Waals surface area contributed by atoms with Crippen molar-refractivity contribution < 1.29 is 13.9 Å². The molecule has 2 aliphatic rings. The van der Waals surface area contributed by atoms with Crippen molar-refractivity contribution in [3.63, 3.8) is 0 Å². The van der Waals surface area contributed by atoms with Crippen LogP contribution in [0, 0.1) is 11.8 Å². The first kappa shape index (κ1) is 17.1. The van der Waals surface area contributed by atoms with Gasteiger partial charge in [0.25, 0.3) is 5.91 Å². The molecule has 2 fully saturated rings. The molecule has 1 saturated heterocycles. The second-order valence-corrected chi connectivity index (χ2v) is 7.59. The fourth-order valence-electron chi connectivity index (χ4n) is 4.46. The highest BCUT2D eigenvalue weighted by Crippen LogP contribution is 2.34. The van der Waals surface area contributed by atoms with Gasteiger partial charge in [-0.3, -0.25) is 4.79 Å². The van der Waals surface area contributed by atoms with Crippen molar-refractivity contribution >= 4 is 16.9 Å². The molecule has 1 aromatic heterocycles. The number of benzene rings is 1. The number of piperidine rings is 1. The van der Waals surface area contributed by atoms with E-state index in [1.165, 1.54) is 31.7 Å². The van der Waals surface area contributed by atoms with Gasteiger partial charge in [-0.25, -0.2) is 4.79 Å². The summed E-state index contributed by atoms with van der Waals surface area (Å²) in [6, 6.07) is 6.95. The lowest BCUT2D eigenvalue weighted by molar-refractivity contribution is -0.137. The predicted molar refractivity (Wildman–Crippen MR) is 99.4 cm³/mol. The Morgan fingerprint density at radius 1 is 1.23 bits per heavy atom. The number of carbonyl (C=O) groups excluding carboxylic acids is 1. The molecule has 2 atom stereocenters. The predicted octanol–water partition coefficient (Wildman–Crippen LogP) is 3.38. The Labute approximate surface area is 152 Å². The zero-order valence-corrected chi connectivity index (χ0v) is 15.2. The molecule has 0 spiro atoms. The van der Waals surface area contributed by atoms with E-state index in [1.54, 1.807) is 6.07 Å². The van der Waals surface area contributed by atoms with Crippen LogP contribution < -0.4 is 10.4 Å². The summed E-state index contributed by atoms with van der Waals surface area (Å²) in [5, 5.41) is 0.912. The van der Waals surface area contributed by atoms with E-state index >= 15 is 0 Å². The van der Waals surface area contributed by atoms with Gasteiger partial charge in [0.2, 0.25) is 0 Å².